The molecule has 1 amide bonds. The van der Waals surface area contributed by atoms with Crippen molar-refractivity contribution in [1.29, 1.82) is 0 Å². The smallest absolute Gasteiger partial charge is 0.225 e. The van der Waals surface area contributed by atoms with E-state index >= 15 is 0 Å². The third-order valence-electron chi connectivity index (χ3n) is 6.40. The number of rotatable bonds is 4. The van der Waals surface area contributed by atoms with Gasteiger partial charge in [0.05, 0.1) is 5.39 Å². The number of carbonyl (C=O) groups excluding carboxylic acids is 1. The molecule has 0 saturated carbocycles. The monoisotopic (exact) mass is 415 g/mol. The van der Waals surface area contributed by atoms with E-state index in [1.165, 1.54) is 15.8 Å². The van der Waals surface area contributed by atoms with E-state index in [0.717, 1.165) is 69.3 Å². The molecule has 0 N–H and O–H groups in total. The lowest BCUT2D eigenvalue weighted by Gasteiger charge is -2.39. The average Bonchev–Trinajstić information content (AvgIpc) is 3.02. The van der Waals surface area contributed by atoms with Crippen molar-refractivity contribution in [3.05, 3.63) is 16.8 Å². The molecule has 0 radical (unpaired) electrons. The number of anilines is 1. The van der Waals surface area contributed by atoms with Gasteiger partial charge in [-0.2, -0.15) is 0 Å². The molecule has 2 aromatic heterocycles. The summed E-state index contributed by atoms with van der Waals surface area (Å²) in [6, 6.07) is 0. The van der Waals surface area contributed by atoms with Gasteiger partial charge in [-0.25, -0.2) is 9.97 Å². The molecule has 0 spiro atoms. The maximum Gasteiger partial charge on any atom is 0.225 e. The van der Waals surface area contributed by atoms with Crippen LogP contribution in [-0.4, -0.2) is 71.5 Å². The van der Waals surface area contributed by atoms with E-state index in [9.17, 15) is 4.79 Å². The zero-order valence-corrected chi connectivity index (χ0v) is 19.0. The van der Waals surface area contributed by atoms with Gasteiger partial charge < -0.3 is 9.80 Å². The number of aryl methyl sites for hydroxylation is 2. The highest BCUT2D eigenvalue weighted by Gasteiger charge is 2.31. The first-order valence-corrected chi connectivity index (χ1v) is 11.7. The van der Waals surface area contributed by atoms with Crippen LogP contribution in [0, 0.1) is 25.7 Å². The SMILES string of the molecule is Cc1sc2ncnc(N3CCC(C(=O)N4CCN(CC(C)C)CC4)CC3)c2c1C. The van der Waals surface area contributed by atoms with Crippen LogP contribution in [0.25, 0.3) is 10.2 Å². The van der Waals surface area contributed by atoms with Crippen molar-refractivity contribution in [2.24, 2.45) is 11.8 Å². The van der Waals surface area contributed by atoms with Crippen molar-refractivity contribution < 1.29 is 4.79 Å². The van der Waals surface area contributed by atoms with Crippen LogP contribution >= 0.6 is 11.3 Å². The van der Waals surface area contributed by atoms with Gasteiger partial charge in [0.15, 0.2) is 0 Å². The molecule has 2 saturated heterocycles. The third-order valence-corrected chi connectivity index (χ3v) is 7.51. The van der Waals surface area contributed by atoms with Gasteiger partial charge in [-0.3, -0.25) is 9.69 Å². The van der Waals surface area contributed by atoms with Crippen LogP contribution in [0.15, 0.2) is 6.33 Å². The van der Waals surface area contributed by atoms with Gasteiger partial charge in [0.2, 0.25) is 5.91 Å². The minimum atomic E-state index is 0.158. The highest BCUT2D eigenvalue weighted by atomic mass is 32.1. The van der Waals surface area contributed by atoms with Gasteiger partial charge in [0.25, 0.3) is 0 Å². The quantitative estimate of drug-likeness (QED) is 0.767. The zero-order chi connectivity index (χ0) is 20.5. The van der Waals surface area contributed by atoms with E-state index in [0.29, 0.717) is 11.8 Å². The average molecular weight is 416 g/mol. The van der Waals surface area contributed by atoms with E-state index in [-0.39, 0.29) is 5.92 Å². The summed E-state index contributed by atoms with van der Waals surface area (Å²) in [6.07, 6.45) is 3.51. The van der Waals surface area contributed by atoms with Gasteiger partial charge in [-0.1, -0.05) is 13.8 Å². The Kier molecular flexibility index (Phi) is 6.06. The number of hydrogen-bond acceptors (Lipinski definition) is 6. The van der Waals surface area contributed by atoms with Crippen molar-refractivity contribution in [3.63, 3.8) is 0 Å². The Morgan fingerprint density at radius 1 is 1.10 bits per heavy atom. The molecule has 4 rings (SSSR count). The molecule has 6 nitrogen and oxygen atoms in total. The molecule has 0 bridgehead atoms. The van der Waals surface area contributed by atoms with E-state index in [2.05, 4.69) is 52.4 Å². The van der Waals surface area contributed by atoms with Gasteiger partial charge in [-0.15, -0.1) is 11.3 Å². The molecule has 29 heavy (non-hydrogen) atoms. The lowest BCUT2D eigenvalue weighted by atomic mass is 9.94. The largest absolute Gasteiger partial charge is 0.356 e. The zero-order valence-electron chi connectivity index (χ0n) is 18.1. The number of nitrogens with zero attached hydrogens (tertiary/aromatic N) is 5. The lowest BCUT2D eigenvalue weighted by Crippen LogP contribution is -2.52. The first-order valence-electron chi connectivity index (χ1n) is 10.9. The van der Waals surface area contributed by atoms with Crippen LogP contribution in [0.2, 0.25) is 0 Å². The molecule has 2 fully saturated rings. The van der Waals surface area contributed by atoms with E-state index in [1.54, 1.807) is 17.7 Å². The number of carbonyl (C=O) groups is 1. The molecule has 4 heterocycles. The Balaban J connectivity index is 1.36. The van der Waals surface area contributed by atoms with Crippen LogP contribution in [0.5, 0.6) is 0 Å². The number of hydrogen-bond donors (Lipinski definition) is 0. The molecule has 2 aliphatic heterocycles. The number of fused-ring (bicyclic) bond motifs is 1. The van der Waals surface area contributed by atoms with Crippen molar-refractivity contribution in [2.45, 2.75) is 40.5 Å². The van der Waals surface area contributed by atoms with Crippen LogP contribution in [-0.2, 0) is 4.79 Å². The molecule has 0 aromatic carbocycles. The number of piperidine rings is 1. The fourth-order valence-electron chi connectivity index (χ4n) is 4.67. The first kappa shape index (κ1) is 20.5. The minimum Gasteiger partial charge on any atom is -0.356 e. The summed E-state index contributed by atoms with van der Waals surface area (Å²) in [5.74, 6) is 2.25. The summed E-state index contributed by atoms with van der Waals surface area (Å²) in [5, 5.41) is 1.20. The molecule has 2 aliphatic rings. The van der Waals surface area contributed by atoms with Gasteiger partial charge in [0.1, 0.15) is 17.0 Å². The topological polar surface area (TPSA) is 52.6 Å². The number of piperazine rings is 1. The van der Waals surface area contributed by atoms with Crippen molar-refractivity contribution in [2.75, 3.05) is 50.7 Å². The Morgan fingerprint density at radius 3 is 2.45 bits per heavy atom. The first-order chi connectivity index (χ1) is 13.9. The molecule has 0 aliphatic carbocycles. The summed E-state index contributed by atoms with van der Waals surface area (Å²) in [6.45, 7) is 15.5. The molecule has 0 atom stereocenters. The maximum atomic E-state index is 13.1. The molecular formula is C22H33N5OS. The lowest BCUT2D eigenvalue weighted by molar-refractivity contribution is -0.138. The highest BCUT2D eigenvalue weighted by Crippen LogP contribution is 2.35. The fraction of sp³-hybridized carbons (Fsp3) is 0.682. The van der Waals surface area contributed by atoms with E-state index in [4.69, 9.17) is 0 Å². The molecule has 158 valence electrons. The van der Waals surface area contributed by atoms with Crippen molar-refractivity contribution in [3.8, 4) is 0 Å². The Labute approximate surface area is 177 Å². The normalized spacial score (nSPS) is 19.5. The number of amides is 1. The van der Waals surface area contributed by atoms with E-state index in [1.807, 2.05) is 0 Å². The van der Waals surface area contributed by atoms with Crippen molar-refractivity contribution in [1.82, 2.24) is 19.8 Å². The Bertz CT molecular complexity index is 863. The maximum absolute atomic E-state index is 13.1. The predicted molar refractivity (Wildman–Crippen MR) is 120 cm³/mol. The third kappa shape index (κ3) is 4.26. The number of thiophene rings is 1. The summed E-state index contributed by atoms with van der Waals surface area (Å²) < 4.78 is 0. The predicted octanol–water partition coefficient (Wildman–Crippen LogP) is 3.32. The van der Waals surface area contributed by atoms with Crippen LogP contribution < -0.4 is 4.90 Å². The van der Waals surface area contributed by atoms with Crippen LogP contribution in [0.3, 0.4) is 0 Å². The Hall–Kier alpha value is -1.73. The summed E-state index contributed by atoms with van der Waals surface area (Å²) in [4.78, 5) is 31.5. The molecule has 7 heteroatoms. The molecular weight excluding hydrogens is 382 g/mol. The second-order valence-electron chi connectivity index (χ2n) is 8.94. The minimum absolute atomic E-state index is 0.158. The van der Waals surface area contributed by atoms with Crippen molar-refractivity contribution >= 4 is 33.3 Å². The second kappa shape index (κ2) is 8.56. The van der Waals surface area contributed by atoms with Gasteiger partial charge in [0, 0.05) is 56.6 Å². The van der Waals surface area contributed by atoms with Gasteiger partial charge >= 0.3 is 0 Å². The second-order valence-corrected chi connectivity index (χ2v) is 10.1. The number of aromatic nitrogens is 2. The van der Waals surface area contributed by atoms with Gasteiger partial charge in [-0.05, 0) is 38.2 Å². The highest BCUT2D eigenvalue weighted by molar-refractivity contribution is 7.18. The van der Waals surface area contributed by atoms with Crippen LogP contribution in [0.4, 0.5) is 5.82 Å². The summed E-state index contributed by atoms with van der Waals surface area (Å²) in [5.41, 5.74) is 1.29. The fourth-order valence-corrected chi connectivity index (χ4v) is 5.66. The van der Waals surface area contributed by atoms with Crippen LogP contribution in [0.1, 0.15) is 37.1 Å². The summed E-state index contributed by atoms with van der Waals surface area (Å²) in [7, 11) is 0. The summed E-state index contributed by atoms with van der Waals surface area (Å²) >= 11 is 1.74. The standard InChI is InChI=1S/C22H33N5OS/c1-15(2)13-25-9-11-27(12-10-25)22(28)18-5-7-26(8-6-18)20-19-16(3)17(4)29-21(19)24-14-23-20/h14-15,18H,5-13H2,1-4H3. The molecule has 0 unspecified atom stereocenters. The Morgan fingerprint density at radius 2 is 1.79 bits per heavy atom. The van der Waals surface area contributed by atoms with E-state index < -0.39 is 0 Å². The molecule has 2 aromatic rings.